The molecule has 0 unspecified atom stereocenters. The highest BCUT2D eigenvalue weighted by molar-refractivity contribution is 7.88. The summed E-state index contributed by atoms with van der Waals surface area (Å²) in [7, 11) is -3.29. The molecule has 17 heavy (non-hydrogen) atoms. The van der Waals surface area contributed by atoms with Crippen molar-refractivity contribution < 1.29 is 13.3 Å². The first kappa shape index (κ1) is 12.5. The van der Waals surface area contributed by atoms with Gasteiger partial charge in [-0.25, -0.2) is 8.42 Å². The molecule has 1 fully saturated rings. The minimum atomic E-state index is -3.29. The van der Waals surface area contributed by atoms with Crippen LogP contribution in [0.4, 0.5) is 0 Å². The van der Waals surface area contributed by atoms with Gasteiger partial charge in [0.05, 0.1) is 12.4 Å². The number of hydrogen-bond donors (Lipinski definition) is 0. The molecule has 0 aromatic carbocycles. The first-order valence-electron chi connectivity index (χ1n) is 5.71. The molecule has 0 aliphatic carbocycles. The minimum absolute atomic E-state index is 0.0804. The van der Waals surface area contributed by atoms with Gasteiger partial charge in [-0.05, 0) is 37.0 Å². The van der Waals surface area contributed by atoms with Gasteiger partial charge in [0.25, 0.3) is 0 Å². The predicted octanol–water partition coefficient (Wildman–Crippen LogP) is 0.981. The van der Waals surface area contributed by atoms with Crippen molar-refractivity contribution in [3.05, 3.63) is 30.1 Å². The number of pyridine rings is 1. The number of sulfonamides is 1. The van der Waals surface area contributed by atoms with Crippen molar-refractivity contribution >= 4 is 10.0 Å². The van der Waals surface area contributed by atoms with Gasteiger partial charge in [0.1, 0.15) is 0 Å². The van der Waals surface area contributed by atoms with Gasteiger partial charge < -0.3 is 0 Å². The summed E-state index contributed by atoms with van der Waals surface area (Å²) >= 11 is 0. The first-order valence-corrected chi connectivity index (χ1v) is 7.32. The number of hydroxylamine groups is 1. The minimum Gasteiger partial charge on any atom is -0.284 e. The zero-order valence-corrected chi connectivity index (χ0v) is 10.4. The van der Waals surface area contributed by atoms with E-state index in [1.807, 2.05) is 12.1 Å². The zero-order chi connectivity index (χ0) is 12.1. The lowest BCUT2D eigenvalue weighted by Gasteiger charge is -2.25. The molecule has 94 valence electrons. The van der Waals surface area contributed by atoms with Crippen LogP contribution >= 0.6 is 0 Å². The second-order valence-electron chi connectivity index (χ2n) is 3.99. The Balaban J connectivity index is 1.93. The summed E-state index contributed by atoms with van der Waals surface area (Å²) in [6.07, 6.45) is 5.62. The first-order chi connectivity index (χ1) is 8.18. The summed E-state index contributed by atoms with van der Waals surface area (Å²) in [5, 5.41) is 0. The van der Waals surface area contributed by atoms with Crippen LogP contribution in [-0.2, 0) is 21.3 Å². The normalized spacial score (nSPS) is 18.1. The average molecular weight is 256 g/mol. The van der Waals surface area contributed by atoms with Gasteiger partial charge in [0, 0.05) is 18.9 Å². The highest BCUT2D eigenvalue weighted by atomic mass is 32.2. The van der Waals surface area contributed by atoms with E-state index in [9.17, 15) is 8.42 Å². The molecular formula is C11H16N2O3S. The summed E-state index contributed by atoms with van der Waals surface area (Å²) in [5.41, 5.74) is 0.973. The Bertz CT molecular complexity index is 441. The number of aryl methyl sites for hydroxylation is 1. The van der Waals surface area contributed by atoms with Gasteiger partial charge in [0.15, 0.2) is 0 Å². The molecule has 0 bridgehead atoms. The third-order valence-corrected chi connectivity index (χ3v) is 4.31. The molecule has 0 saturated carbocycles. The van der Waals surface area contributed by atoms with Crippen molar-refractivity contribution in [3.63, 3.8) is 0 Å². The van der Waals surface area contributed by atoms with Crippen LogP contribution in [0.25, 0.3) is 0 Å². The number of nitrogens with zero attached hydrogens (tertiary/aromatic N) is 2. The second kappa shape index (κ2) is 5.57. The van der Waals surface area contributed by atoms with Crippen molar-refractivity contribution in [1.82, 2.24) is 9.45 Å². The molecule has 1 aliphatic rings. The fraction of sp³-hybridized carbons (Fsp3) is 0.545. The molecule has 1 aromatic heterocycles. The number of hydrogen-bond acceptors (Lipinski definition) is 4. The van der Waals surface area contributed by atoms with Gasteiger partial charge in [-0.2, -0.15) is 0 Å². The maximum absolute atomic E-state index is 11.9. The van der Waals surface area contributed by atoms with Crippen LogP contribution < -0.4 is 0 Å². The van der Waals surface area contributed by atoms with Crippen LogP contribution in [0.1, 0.15) is 18.4 Å². The quantitative estimate of drug-likeness (QED) is 0.805. The van der Waals surface area contributed by atoms with Crippen molar-refractivity contribution in [3.8, 4) is 0 Å². The third-order valence-electron chi connectivity index (χ3n) is 2.68. The van der Waals surface area contributed by atoms with Gasteiger partial charge in [0.2, 0.25) is 10.0 Å². The SMILES string of the molecule is O=S(=O)(CCc1ccncc1)N1CCCCO1. The number of rotatable bonds is 4. The fourth-order valence-corrected chi connectivity index (χ4v) is 3.03. The second-order valence-corrected chi connectivity index (χ2v) is 5.97. The van der Waals surface area contributed by atoms with E-state index >= 15 is 0 Å². The monoisotopic (exact) mass is 256 g/mol. The van der Waals surface area contributed by atoms with Crippen LogP contribution in [0.5, 0.6) is 0 Å². The Morgan fingerprint density at radius 3 is 2.71 bits per heavy atom. The topological polar surface area (TPSA) is 59.5 Å². The lowest BCUT2D eigenvalue weighted by molar-refractivity contribution is -0.108. The van der Waals surface area contributed by atoms with E-state index < -0.39 is 10.0 Å². The maximum atomic E-state index is 11.9. The molecule has 0 atom stereocenters. The van der Waals surface area contributed by atoms with Gasteiger partial charge in [-0.1, -0.05) is 4.47 Å². The van der Waals surface area contributed by atoms with E-state index in [1.54, 1.807) is 12.4 Å². The Morgan fingerprint density at radius 2 is 2.06 bits per heavy atom. The standard InChI is InChI=1S/C11H16N2O3S/c14-17(15,13-8-1-2-9-16-13)10-5-11-3-6-12-7-4-11/h3-4,6-7H,1-2,5,8-10H2. The van der Waals surface area contributed by atoms with E-state index in [2.05, 4.69) is 4.98 Å². The number of aromatic nitrogens is 1. The van der Waals surface area contributed by atoms with Crippen LogP contribution in [0.2, 0.25) is 0 Å². The molecule has 2 heterocycles. The molecule has 6 heteroatoms. The Kier molecular flexibility index (Phi) is 4.09. The van der Waals surface area contributed by atoms with Crippen LogP contribution in [-0.4, -0.2) is 36.8 Å². The van der Waals surface area contributed by atoms with Crippen molar-refractivity contribution in [1.29, 1.82) is 0 Å². The molecule has 0 radical (unpaired) electrons. The Hall–Kier alpha value is -0.980. The van der Waals surface area contributed by atoms with E-state index in [-0.39, 0.29) is 5.75 Å². The molecule has 5 nitrogen and oxygen atoms in total. The van der Waals surface area contributed by atoms with E-state index in [1.165, 1.54) is 0 Å². The summed E-state index contributed by atoms with van der Waals surface area (Å²) in [5.74, 6) is 0.0804. The summed E-state index contributed by atoms with van der Waals surface area (Å²) < 4.78 is 25.0. The third kappa shape index (κ3) is 3.49. The maximum Gasteiger partial charge on any atom is 0.236 e. The molecule has 0 N–H and O–H groups in total. The Morgan fingerprint density at radius 1 is 1.29 bits per heavy atom. The van der Waals surface area contributed by atoms with Crippen molar-refractivity contribution in [2.75, 3.05) is 18.9 Å². The van der Waals surface area contributed by atoms with Gasteiger partial charge >= 0.3 is 0 Å². The molecule has 0 spiro atoms. The molecule has 1 aliphatic heterocycles. The fourth-order valence-electron chi connectivity index (χ4n) is 1.69. The highest BCUT2D eigenvalue weighted by Crippen LogP contribution is 2.12. The predicted molar refractivity (Wildman–Crippen MR) is 63.6 cm³/mol. The van der Waals surface area contributed by atoms with Crippen LogP contribution in [0.3, 0.4) is 0 Å². The molecular weight excluding hydrogens is 240 g/mol. The largest absolute Gasteiger partial charge is 0.284 e. The zero-order valence-electron chi connectivity index (χ0n) is 9.58. The van der Waals surface area contributed by atoms with Crippen molar-refractivity contribution in [2.24, 2.45) is 0 Å². The van der Waals surface area contributed by atoms with E-state index in [4.69, 9.17) is 4.84 Å². The Labute approximate surface area is 101 Å². The van der Waals surface area contributed by atoms with Gasteiger partial charge in [-0.15, -0.1) is 0 Å². The molecule has 1 saturated heterocycles. The van der Waals surface area contributed by atoms with E-state index in [0.717, 1.165) is 22.9 Å². The summed E-state index contributed by atoms with van der Waals surface area (Å²) in [6.45, 7) is 0.965. The molecule has 0 amide bonds. The average Bonchev–Trinajstić information content (AvgIpc) is 2.39. The van der Waals surface area contributed by atoms with Crippen LogP contribution in [0.15, 0.2) is 24.5 Å². The molecule has 2 rings (SSSR count). The summed E-state index contributed by atoms with van der Waals surface area (Å²) in [6, 6.07) is 3.65. The summed E-state index contributed by atoms with van der Waals surface area (Å²) in [4.78, 5) is 9.06. The smallest absolute Gasteiger partial charge is 0.236 e. The lowest BCUT2D eigenvalue weighted by Crippen LogP contribution is -2.37. The highest BCUT2D eigenvalue weighted by Gasteiger charge is 2.24. The van der Waals surface area contributed by atoms with Crippen molar-refractivity contribution in [2.45, 2.75) is 19.3 Å². The van der Waals surface area contributed by atoms with Crippen LogP contribution in [0, 0.1) is 0 Å². The van der Waals surface area contributed by atoms with E-state index in [0.29, 0.717) is 19.6 Å². The molecule has 1 aromatic rings. The van der Waals surface area contributed by atoms with Gasteiger partial charge in [-0.3, -0.25) is 9.82 Å². The lowest BCUT2D eigenvalue weighted by atomic mass is 10.2.